The molecule has 2 aromatic carbocycles. The number of nitrogens with one attached hydrogen (secondary N) is 1. The molecule has 1 amide bonds. The van der Waals surface area contributed by atoms with Gasteiger partial charge in [-0.3, -0.25) is 9.59 Å². The summed E-state index contributed by atoms with van der Waals surface area (Å²) in [5.41, 5.74) is 0.273. The minimum atomic E-state index is -1.12. The molecule has 0 radical (unpaired) electrons. The molecule has 1 heterocycles. The van der Waals surface area contributed by atoms with E-state index in [0.29, 0.717) is 10.6 Å². The lowest BCUT2D eigenvalue weighted by Crippen LogP contribution is -2.30. The lowest BCUT2D eigenvalue weighted by Gasteiger charge is -2.17. The highest BCUT2D eigenvalue weighted by Crippen LogP contribution is 2.23. The average molecular weight is 404 g/mol. The minimum absolute atomic E-state index is 0.0315. The number of aromatic hydroxyl groups is 1. The van der Waals surface area contributed by atoms with Crippen LogP contribution in [0.5, 0.6) is 5.88 Å². The van der Waals surface area contributed by atoms with Gasteiger partial charge in [-0.1, -0.05) is 35.9 Å². The first-order valence-electron chi connectivity index (χ1n) is 8.17. The SMILES string of the molecule is O=C(O)CC(NC(=O)c1cc(O)n(-c2ccccc2F)n1)c1cccc(Cl)c1. The molecule has 0 aliphatic rings. The van der Waals surface area contributed by atoms with E-state index in [9.17, 15) is 19.1 Å². The molecule has 1 atom stereocenters. The third-order valence-electron chi connectivity index (χ3n) is 3.94. The molecule has 3 N–H and O–H groups in total. The molecule has 1 unspecified atom stereocenters. The van der Waals surface area contributed by atoms with Crippen molar-refractivity contribution in [1.82, 2.24) is 15.1 Å². The van der Waals surface area contributed by atoms with Crippen molar-refractivity contribution in [3.63, 3.8) is 0 Å². The van der Waals surface area contributed by atoms with Crippen molar-refractivity contribution in [3.8, 4) is 11.6 Å². The van der Waals surface area contributed by atoms with Crippen LogP contribution in [-0.4, -0.2) is 31.9 Å². The Kier molecular flexibility index (Phi) is 5.60. The van der Waals surface area contributed by atoms with Crippen molar-refractivity contribution < 1.29 is 24.2 Å². The maximum absolute atomic E-state index is 13.9. The second kappa shape index (κ2) is 8.10. The first-order chi connectivity index (χ1) is 13.3. The number of rotatable bonds is 6. The number of hydrogen-bond donors (Lipinski definition) is 3. The van der Waals surface area contributed by atoms with Crippen molar-refractivity contribution in [1.29, 1.82) is 0 Å². The van der Waals surface area contributed by atoms with Crippen LogP contribution in [0.3, 0.4) is 0 Å². The zero-order valence-corrected chi connectivity index (χ0v) is 15.1. The van der Waals surface area contributed by atoms with E-state index in [1.54, 1.807) is 30.3 Å². The van der Waals surface area contributed by atoms with Crippen molar-refractivity contribution >= 4 is 23.5 Å². The number of para-hydroxylation sites is 1. The zero-order chi connectivity index (χ0) is 20.3. The summed E-state index contributed by atoms with van der Waals surface area (Å²) in [6, 6.07) is 12.3. The lowest BCUT2D eigenvalue weighted by atomic mass is 10.0. The van der Waals surface area contributed by atoms with Gasteiger partial charge in [0.15, 0.2) is 5.69 Å². The van der Waals surface area contributed by atoms with Crippen LogP contribution < -0.4 is 5.32 Å². The summed E-state index contributed by atoms with van der Waals surface area (Å²) in [5, 5.41) is 26.0. The first kappa shape index (κ1) is 19.4. The van der Waals surface area contributed by atoms with E-state index in [2.05, 4.69) is 10.4 Å². The third-order valence-corrected chi connectivity index (χ3v) is 4.17. The van der Waals surface area contributed by atoms with E-state index in [4.69, 9.17) is 16.7 Å². The number of aromatic nitrogens is 2. The lowest BCUT2D eigenvalue weighted by molar-refractivity contribution is -0.137. The number of carbonyl (C=O) groups is 2. The smallest absolute Gasteiger partial charge is 0.305 e. The van der Waals surface area contributed by atoms with Crippen molar-refractivity contribution in [2.24, 2.45) is 0 Å². The second-order valence-corrected chi connectivity index (χ2v) is 6.37. The first-order valence-corrected chi connectivity index (χ1v) is 8.55. The van der Waals surface area contributed by atoms with Crippen LogP contribution in [-0.2, 0) is 4.79 Å². The van der Waals surface area contributed by atoms with Gasteiger partial charge in [0.1, 0.15) is 11.5 Å². The highest BCUT2D eigenvalue weighted by Gasteiger charge is 2.22. The average Bonchev–Trinajstić information content (AvgIpc) is 3.03. The Bertz CT molecular complexity index is 1040. The normalized spacial score (nSPS) is 11.8. The summed E-state index contributed by atoms with van der Waals surface area (Å²) in [6.45, 7) is 0. The largest absolute Gasteiger partial charge is 0.493 e. The van der Waals surface area contributed by atoms with Gasteiger partial charge in [0.25, 0.3) is 5.91 Å². The highest BCUT2D eigenvalue weighted by molar-refractivity contribution is 6.30. The van der Waals surface area contributed by atoms with Gasteiger partial charge in [-0.2, -0.15) is 9.78 Å². The van der Waals surface area contributed by atoms with E-state index in [0.717, 1.165) is 10.7 Å². The Morgan fingerprint density at radius 1 is 1.18 bits per heavy atom. The molecule has 28 heavy (non-hydrogen) atoms. The molecule has 9 heteroatoms. The van der Waals surface area contributed by atoms with E-state index in [1.807, 2.05) is 0 Å². The predicted molar refractivity (Wildman–Crippen MR) is 99.1 cm³/mol. The Morgan fingerprint density at radius 3 is 2.61 bits per heavy atom. The van der Waals surface area contributed by atoms with Gasteiger partial charge in [0, 0.05) is 11.1 Å². The standard InChI is InChI=1S/C19H15ClFN3O4/c20-12-5-3-4-11(8-12)14(10-18(26)27)22-19(28)15-9-17(25)24(23-15)16-7-2-1-6-13(16)21/h1-9,14,25H,10H2,(H,22,28)(H,26,27). The number of carboxylic acids is 1. The zero-order valence-electron chi connectivity index (χ0n) is 14.3. The summed E-state index contributed by atoms with van der Waals surface area (Å²) in [6.07, 6.45) is -0.383. The molecule has 0 spiro atoms. The number of benzene rings is 2. The molecule has 1 aromatic heterocycles. The molecule has 3 aromatic rings. The van der Waals surface area contributed by atoms with Crippen LogP contribution in [0, 0.1) is 5.82 Å². The van der Waals surface area contributed by atoms with Gasteiger partial charge in [-0.15, -0.1) is 0 Å². The maximum atomic E-state index is 13.9. The number of amides is 1. The van der Waals surface area contributed by atoms with Crippen LogP contribution in [0.2, 0.25) is 5.02 Å². The van der Waals surface area contributed by atoms with Gasteiger partial charge >= 0.3 is 5.97 Å². The molecule has 0 fully saturated rings. The summed E-state index contributed by atoms with van der Waals surface area (Å²) in [7, 11) is 0. The van der Waals surface area contributed by atoms with Crippen molar-refractivity contribution in [2.75, 3.05) is 0 Å². The summed E-state index contributed by atoms with van der Waals surface area (Å²) in [5.74, 6) is -2.91. The molecule has 0 saturated heterocycles. The molecule has 0 saturated carbocycles. The van der Waals surface area contributed by atoms with Crippen LogP contribution >= 0.6 is 11.6 Å². The van der Waals surface area contributed by atoms with Crippen LogP contribution in [0.4, 0.5) is 4.39 Å². The number of nitrogens with zero attached hydrogens (tertiary/aromatic N) is 2. The molecule has 0 bridgehead atoms. The molecular formula is C19H15ClFN3O4. The van der Waals surface area contributed by atoms with Gasteiger partial charge in [0.05, 0.1) is 12.5 Å². The summed E-state index contributed by atoms with van der Waals surface area (Å²) >= 11 is 5.94. The van der Waals surface area contributed by atoms with Crippen LogP contribution in [0.15, 0.2) is 54.6 Å². The van der Waals surface area contributed by atoms with Crippen molar-refractivity contribution in [3.05, 3.63) is 76.7 Å². The van der Waals surface area contributed by atoms with Gasteiger partial charge in [-0.25, -0.2) is 4.39 Å². The number of halogens is 2. The van der Waals surface area contributed by atoms with Gasteiger partial charge < -0.3 is 15.5 Å². The monoisotopic (exact) mass is 403 g/mol. The van der Waals surface area contributed by atoms with E-state index in [-0.39, 0.29) is 17.8 Å². The molecule has 0 aliphatic carbocycles. The molecule has 7 nitrogen and oxygen atoms in total. The Hall–Kier alpha value is -3.39. The molecule has 3 rings (SSSR count). The fraction of sp³-hybridized carbons (Fsp3) is 0.105. The third kappa shape index (κ3) is 4.29. The highest BCUT2D eigenvalue weighted by atomic mass is 35.5. The van der Waals surface area contributed by atoms with E-state index in [1.165, 1.54) is 18.2 Å². The second-order valence-electron chi connectivity index (χ2n) is 5.93. The fourth-order valence-electron chi connectivity index (χ4n) is 2.67. The number of aliphatic carboxylic acids is 1. The van der Waals surface area contributed by atoms with Crippen molar-refractivity contribution in [2.45, 2.75) is 12.5 Å². The predicted octanol–water partition coefficient (Wildman–Crippen LogP) is 3.32. The van der Waals surface area contributed by atoms with Gasteiger partial charge in [0.2, 0.25) is 5.88 Å². The topological polar surface area (TPSA) is 104 Å². The maximum Gasteiger partial charge on any atom is 0.305 e. The van der Waals surface area contributed by atoms with Gasteiger partial charge in [-0.05, 0) is 29.8 Å². The Balaban J connectivity index is 1.87. The quantitative estimate of drug-likeness (QED) is 0.585. The molecular weight excluding hydrogens is 389 g/mol. The Morgan fingerprint density at radius 2 is 1.93 bits per heavy atom. The van der Waals surface area contributed by atoms with Crippen LogP contribution in [0.25, 0.3) is 5.69 Å². The molecule has 0 aliphatic heterocycles. The molecule has 144 valence electrons. The Labute approximate surface area is 164 Å². The van der Waals surface area contributed by atoms with Crippen LogP contribution in [0.1, 0.15) is 28.5 Å². The number of hydrogen-bond acceptors (Lipinski definition) is 4. The fourth-order valence-corrected chi connectivity index (χ4v) is 2.86. The minimum Gasteiger partial charge on any atom is -0.493 e. The van der Waals surface area contributed by atoms with E-state index >= 15 is 0 Å². The number of carboxylic acid groups (broad SMARTS) is 1. The summed E-state index contributed by atoms with van der Waals surface area (Å²) < 4.78 is 14.8. The number of carbonyl (C=O) groups excluding carboxylic acids is 1. The summed E-state index contributed by atoms with van der Waals surface area (Å²) in [4.78, 5) is 23.7. The van der Waals surface area contributed by atoms with E-state index < -0.39 is 29.6 Å².